The Morgan fingerprint density at radius 1 is 1.39 bits per heavy atom. The van der Waals surface area contributed by atoms with Crippen molar-refractivity contribution >= 4 is 17.7 Å². The number of amides is 1. The molecular formula is C11H10N4O3. The Balaban J connectivity index is 2.18. The number of carbonyl (C=O) groups excluding carboxylic acids is 1. The number of nitrogens with zero attached hydrogens (tertiary/aromatic N) is 3. The predicted molar refractivity (Wildman–Crippen MR) is 62.4 cm³/mol. The van der Waals surface area contributed by atoms with Gasteiger partial charge in [0.25, 0.3) is 5.91 Å². The first kappa shape index (κ1) is 11.8. The summed E-state index contributed by atoms with van der Waals surface area (Å²) in [6.07, 6.45) is 2.96. The SMILES string of the molecule is Cn1ccc(NC(=O)c2ccnc(C(=O)O)c2)n1. The van der Waals surface area contributed by atoms with Crippen molar-refractivity contribution in [2.45, 2.75) is 0 Å². The molecular weight excluding hydrogens is 236 g/mol. The van der Waals surface area contributed by atoms with E-state index in [0.717, 1.165) is 0 Å². The first-order valence-electron chi connectivity index (χ1n) is 5.06. The van der Waals surface area contributed by atoms with Gasteiger partial charge in [0, 0.05) is 31.1 Å². The van der Waals surface area contributed by atoms with Gasteiger partial charge in [-0.3, -0.25) is 9.48 Å². The van der Waals surface area contributed by atoms with Crippen LogP contribution < -0.4 is 5.32 Å². The number of nitrogens with one attached hydrogen (secondary N) is 1. The Morgan fingerprint density at radius 3 is 2.78 bits per heavy atom. The third kappa shape index (κ3) is 2.51. The number of carboxylic acid groups (broad SMARTS) is 1. The molecule has 0 aromatic carbocycles. The smallest absolute Gasteiger partial charge is 0.354 e. The highest BCUT2D eigenvalue weighted by molar-refractivity contribution is 6.04. The molecule has 2 aromatic rings. The lowest BCUT2D eigenvalue weighted by Gasteiger charge is -2.02. The van der Waals surface area contributed by atoms with Gasteiger partial charge in [-0.15, -0.1) is 0 Å². The second kappa shape index (κ2) is 4.66. The summed E-state index contributed by atoms with van der Waals surface area (Å²) in [5.74, 6) is -1.21. The molecule has 0 aliphatic carbocycles. The second-order valence-electron chi connectivity index (χ2n) is 3.56. The lowest BCUT2D eigenvalue weighted by molar-refractivity contribution is 0.0690. The van der Waals surface area contributed by atoms with Crippen LogP contribution in [-0.4, -0.2) is 31.7 Å². The summed E-state index contributed by atoms with van der Waals surface area (Å²) in [4.78, 5) is 26.2. The Morgan fingerprint density at radius 2 is 2.17 bits per heavy atom. The van der Waals surface area contributed by atoms with E-state index in [2.05, 4.69) is 15.4 Å². The van der Waals surface area contributed by atoms with E-state index in [-0.39, 0.29) is 11.3 Å². The maximum absolute atomic E-state index is 11.8. The average molecular weight is 246 g/mol. The van der Waals surface area contributed by atoms with E-state index in [1.807, 2.05) is 0 Å². The maximum Gasteiger partial charge on any atom is 0.354 e. The minimum atomic E-state index is -1.18. The molecule has 92 valence electrons. The molecule has 2 aromatic heterocycles. The average Bonchev–Trinajstić information content (AvgIpc) is 2.75. The van der Waals surface area contributed by atoms with Crippen molar-refractivity contribution in [1.82, 2.24) is 14.8 Å². The van der Waals surface area contributed by atoms with Crippen molar-refractivity contribution in [3.63, 3.8) is 0 Å². The molecule has 0 aliphatic heterocycles. The molecule has 18 heavy (non-hydrogen) atoms. The van der Waals surface area contributed by atoms with Crippen molar-refractivity contribution in [3.8, 4) is 0 Å². The highest BCUT2D eigenvalue weighted by Crippen LogP contribution is 2.07. The quantitative estimate of drug-likeness (QED) is 0.833. The molecule has 2 N–H and O–H groups in total. The van der Waals surface area contributed by atoms with Crippen LogP contribution in [0.25, 0.3) is 0 Å². The molecule has 0 aliphatic rings. The summed E-state index contributed by atoms with van der Waals surface area (Å²) in [5, 5.41) is 15.3. The van der Waals surface area contributed by atoms with Gasteiger partial charge in [0.2, 0.25) is 0 Å². The van der Waals surface area contributed by atoms with Crippen LogP contribution in [0.1, 0.15) is 20.8 Å². The van der Waals surface area contributed by atoms with Gasteiger partial charge in [0.05, 0.1) is 0 Å². The Labute approximate surface area is 102 Å². The van der Waals surface area contributed by atoms with Crippen LogP contribution in [0, 0.1) is 0 Å². The number of aromatic nitrogens is 3. The molecule has 0 atom stereocenters. The fourth-order valence-corrected chi connectivity index (χ4v) is 1.36. The largest absolute Gasteiger partial charge is 0.477 e. The van der Waals surface area contributed by atoms with Crippen molar-refractivity contribution in [2.24, 2.45) is 7.05 Å². The highest BCUT2D eigenvalue weighted by atomic mass is 16.4. The summed E-state index contributed by atoms with van der Waals surface area (Å²) in [5.41, 5.74) is 0.0386. The first-order chi connectivity index (χ1) is 8.56. The highest BCUT2D eigenvalue weighted by Gasteiger charge is 2.11. The summed E-state index contributed by atoms with van der Waals surface area (Å²) >= 11 is 0. The Kier molecular flexibility index (Phi) is 3.05. The topological polar surface area (TPSA) is 97.1 Å². The number of hydrogen-bond donors (Lipinski definition) is 2. The Hall–Kier alpha value is -2.70. The number of anilines is 1. The van der Waals surface area contributed by atoms with E-state index in [1.54, 1.807) is 24.0 Å². The van der Waals surface area contributed by atoms with E-state index in [9.17, 15) is 9.59 Å². The number of carboxylic acids is 1. The second-order valence-corrected chi connectivity index (χ2v) is 3.56. The van der Waals surface area contributed by atoms with Gasteiger partial charge in [-0.25, -0.2) is 9.78 Å². The molecule has 1 amide bonds. The number of pyridine rings is 1. The summed E-state index contributed by atoms with van der Waals surface area (Å²) in [7, 11) is 1.73. The fraction of sp³-hybridized carbons (Fsp3) is 0.0909. The molecule has 7 heteroatoms. The van der Waals surface area contributed by atoms with Crippen molar-refractivity contribution in [2.75, 3.05) is 5.32 Å². The summed E-state index contributed by atoms with van der Waals surface area (Å²) < 4.78 is 1.55. The van der Waals surface area contributed by atoms with Crippen molar-refractivity contribution in [1.29, 1.82) is 0 Å². The maximum atomic E-state index is 11.8. The molecule has 0 spiro atoms. The number of rotatable bonds is 3. The van der Waals surface area contributed by atoms with Gasteiger partial charge in [-0.1, -0.05) is 0 Å². The molecule has 2 rings (SSSR count). The number of aryl methyl sites for hydroxylation is 1. The number of aromatic carboxylic acids is 1. The molecule has 0 bridgehead atoms. The van der Waals surface area contributed by atoms with Crippen LogP contribution in [-0.2, 0) is 7.05 Å². The standard InChI is InChI=1S/C11H10N4O3/c1-15-5-3-9(14-15)13-10(16)7-2-4-12-8(6-7)11(17)18/h2-6H,1H3,(H,17,18)(H,13,14,16). The van der Waals surface area contributed by atoms with Gasteiger partial charge in [0.1, 0.15) is 5.69 Å². The van der Waals surface area contributed by atoms with Crippen LogP contribution in [0.3, 0.4) is 0 Å². The first-order valence-corrected chi connectivity index (χ1v) is 5.06. The van der Waals surface area contributed by atoms with Gasteiger partial charge < -0.3 is 10.4 Å². The van der Waals surface area contributed by atoms with Crippen LogP contribution in [0.5, 0.6) is 0 Å². The normalized spacial score (nSPS) is 10.1. The Bertz CT molecular complexity index is 606. The van der Waals surface area contributed by atoms with Crippen LogP contribution in [0.2, 0.25) is 0 Å². The number of carbonyl (C=O) groups is 2. The minimum Gasteiger partial charge on any atom is -0.477 e. The van der Waals surface area contributed by atoms with Crippen LogP contribution in [0.4, 0.5) is 5.82 Å². The van der Waals surface area contributed by atoms with Crippen LogP contribution >= 0.6 is 0 Å². The molecule has 0 fully saturated rings. The van der Waals surface area contributed by atoms with E-state index < -0.39 is 11.9 Å². The van der Waals surface area contributed by atoms with Gasteiger partial charge in [0.15, 0.2) is 5.82 Å². The molecule has 0 unspecified atom stereocenters. The predicted octanol–water partition coefficient (Wildman–Crippen LogP) is 0.766. The van der Waals surface area contributed by atoms with Crippen LogP contribution in [0.15, 0.2) is 30.6 Å². The van der Waals surface area contributed by atoms with E-state index in [0.29, 0.717) is 5.82 Å². The fourth-order valence-electron chi connectivity index (χ4n) is 1.36. The lowest BCUT2D eigenvalue weighted by atomic mass is 10.2. The zero-order chi connectivity index (χ0) is 13.1. The van der Waals surface area contributed by atoms with Gasteiger partial charge in [-0.2, -0.15) is 5.10 Å². The summed E-state index contributed by atoms with van der Waals surface area (Å²) in [6.45, 7) is 0. The molecule has 0 radical (unpaired) electrons. The van der Waals surface area contributed by atoms with E-state index in [1.165, 1.54) is 18.3 Å². The van der Waals surface area contributed by atoms with Crippen molar-refractivity contribution < 1.29 is 14.7 Å². The minimum absolute atomic E-state index is 0.177. The molecule has 2 heterocycles. The third-order valence-corrected chi connectivity index (χ3v) is 2.20. The lowest BCUT2D eigenvalue weighted by Crippen LogP contribution is -2.14. The molecule has 0 saturated carbocycles. The monoisotopic (exact) mass is 246 g/mol. The third-order valence-electron chi connectivity index (χ3n) is 2.20. The summed E-state index contributed by atoms with van der Waals surface area (Å²) in [6, 6.07) is 4.28. The zero-order valence-corrected chi connectivity index (χ0v) is 9.49. The molecule has 7 nitrogen and oxygen atoms in total. The number of hydrogen-bond acceptors (Lipinski definition) is 4. The van der Waals surface area contributed by atoms with E-state index in [4.69, 9.17) is 5.11 Å². The zero-order valence-electron chi connectivity index (χ0n) is 9.49. The van der Waals surface area contributed by atoms with Gasteiger partial charge >= 0.3 is 5.97 Å². The molecule has 0 saturated heterocycles. The van der Waals surface area contributed by atoms with Gasteiger partial charge in [-0.05, 0) is 12.1 Å². The van der Waals surface area contributed by atoms with E-state index >= 15 is 0 Å². The van der Waals surface area contributed by atoms with Crippen molar-refractivity contribution in [3.05, 3.63) is 41.9 Å².